The second-order valence-electron chi connectivity index (χ2n) is 6.03. The molecule has 2 aromatic rings. The van der Waals surface area contributed by atoms with Gasteiger partial charge in [-0.25, -0.2) is 4.98 Å². The summed E-state index contributed by atoms with van der Waals surface area (Å²) in [6, 6.07) is 6.71. The van der Waals surface area contributed by atoms with Crippen LogP contribution in [0.2, 0.25) is 0 Å². The molecule has 2 N–H and O–H groups in total. The molecule has 0 saturated carbocycles. The van der Waals surface area contributed by atoms with Gasteiger partial charge in [-0.1, -0.05) is 19.9 Å². The number of alkyl halides is 3. The first kappa shape index (κ1) is 18.0. The number of anilines is 3. The Morgan fingerprint density at radius 3 is 2.54 bits per heavy atom. The van der Waals surface area contributed by atoms with E-state index in [1.54, 1.807) is 12.1 Å². The summed E-state index contributed by atoms with van der Waals surface area (Å²) in [6.07, 6.45) is -3.39. The molecule has 0 saturated heterocycles. The topological polar surface area (TPSA) is 49.8 Å². The molecule has 0 amide bonds. The zero-order valence-corrected chi connectivity index (χ0v) is 13.9. The molecule has 1 heterocycles. The maximum Gasteiger partial charge on any atom is 0.416 e. The van der Waals surface area contributed by atoms with Crippen molar-refractivity contribution < 1.29 is 13.2 Å². The van der Waals surface area contributed by atoms with Crippen LogP contribution < -0.4 is 10.6 Å². The summed E-state index contributed by atoms with van der Waals surface area (Å²) in [5, 5.41) is 6.04. The summed E-state index contributed by atoms with van der Waals surface area (Å²) in [7, 11) is 0. The molecule has 0 fully saturated rings. The smallest absolute Gasteiger partial charge is 0.354 e. The van der Waals surface area contributed by atoms with Gasteiger partial charge in [-0.15, -0.1) is 0 Å². The molecule has 24 heavy (non-hydrogen) atoms. The first-order valence-corrected chi connectivity index (χ1v) is 7.78. The van der Waals surface area contributed by atoms with Gasteiger partial charge >= 0.3 is 6.18 Å². The monoisotopic (exact) mass is 338 g/mol. The number of aromatic nitrogens is 2. The number of rotatable bonds is 6. The summed E-state index contributed by atoms with van der Waals surface area (Å²) < 4.78 is 38.3. The third-order valence-corrected chi connectivity index (χ3v) is 3.32. The van der Waals surface area contributed by atoms with Gasteiger partial charge in [0.1, 0.15) is 5.82 Å². The standard InChI is InChI=1S/C17H21F3N4/c1-11(2)7-8-21-16-22-12(3)9-15(24-16)23-14-6-4-5-13(10-14)17(18,19)20/h4-6,9-11H,7-8H2,1-3H3,(H2,21,22,23,24). The molecule has 0 aliphatic heterocycles. The van der Waals surface area contributed by atoms with E-state index in [-0.39, 0.29) is 0 Å². The van der Waals surface area contributed by atoms with E-state index in [4.69, 9.17) is 0 Å². The summed E-state index contributed by atoms with van der Waals surface area (Å²) in [5.41, 5.74) is 0.358. The van der Waals surface area contributed by atoms with Crippen molar-refractivity contribution in [1.29, 1.82) is 0 Å². The van der Waals surface area contributed by atoms with Crippen LogP contribution in [0.4, 0.5) is 30.6 Å². The van der Waals surface area contributed by atoms with Crippen LogP contribution in [0.5, 0.6) is 0 Å². The van der Waals surface area contributed by atoms with Crippen LogP contribution in [0, 0.1) is 12.8 Å². The number of aryl methyl sites for hydroxylation is 1. The Morgan fingerprint density at radius 1 is 1.12 bits per heavy atom. The number of hydrogen-bond acceptors (Lipinski definition) is 4. The van der Waals surface area contributed by atoms with E-state index in [0.717, 1.165) is 30.8 Å². The largest absolute Gasteiger partial charge is 0.416 e. The molecule has 4 nitrogen and oxygen atoms in total. The third-order valence-electron chi connectivity index (χ3n) is 3.32. The van der Waals surface area contributed by atoms with Crippen molar-refractivity contribution in [3.8, 4) is 0 Å². The van der Waals surface area contributed by atoms with Crippen molar-refractivity contribution in [2.24, 2.45) is 5.92 Å². The first-order valence-electron chi connectivity index (χ1n) is 7.78. The Labute approximate surface area is 139 Å². The average molecular weight is 338 g/mol. The Morgan fingerprint density at radius 2 is 1.88 bits per heavy atom. The molecular formula is C17H21F3N4. The fraction of sp³-hybridized carbons (Fsp3) is 0.412. The second kappa shape index (κ2) is 7.51. The lowest BCUT2D eigenvalue weighted by atomic mass is 10.1. The van der Waals surface area contributed by atoms with Crippen molar-refractivity contribution in [3.63, 3.8) is 0 Å². The highest BCUT2D eigenvalue weighted by Gasteiger charge is 2.30. The Balaban J connectivity index is 2.13. The van der Waals surface area contributed by atoms with E-state index >= 15 is 0 Å². The van der Waals surface area contributed by atoms with Crippen molar-refractivity contribution in [1.82, 2.24) is 9.97 Å². The van der Waals surface area contributed by atoms with Crippen molar-refractivity contribution in [2.45, 2.75) is 33.4 Å². The predicted molar refractivity (Wildman–Crippen MR) is 89.4 cm³/mol. The Kier molecular flexibility index (Phi) is 5.64. The van der Waals surface area contributed by atoms with Crippen LogP contribution >= 0.6 is 0 Å². The van der Waals surface area contributed by atoms with E-state index in [0.29, 0.717) is 23.4 Å². The highest BCUT2D eigenvalue weighted by molar-refractivity contribution is 5.58. The van der Waals surface area contributed by atoms with Gasteiger partial charge in [0.2, 0.25) is 5.95 Å². The van der Waals surface area contributed by atoms with Crippen molar-refractivity contribution in [2.75, 3.05) is 17.2 Å². The molecule has 7 heteroatoms. The Bertz CT molecular complexity index is 684. The number of nitrogens with one attached hydrogen (secondary N) is 2. The SMILES string of the molecule is Cc1cc(Nc2cccc(C(F)(F)F)c2)nc(NCCC(C)C)n1. The molecule has 0 atom stereocenters. The summed E-state index contributed by atoms with van der Waals surface area (Å²) in [4.78, 5) is 8.59. The molecule has 1 aromatic carbocycles. The summed E-state index contributed by atoms with van der Waals surface area (Å²) >= 11 is 0. The second-order valence-corrected chi connectivity index (χ2v) is 6.03. The van der Waals surface area contributed by atoms with Crippen LogP contribution in [0.1, 0.15) is 31.5 Å². The molecule has 0 radical (unpaired) electrons. The number of benzene rings is 1. The molecule has 0 unspecified atom stereocenters. The zero-order chi connectivity index (χ0) is 17.7. The lowest BCUT2D eigenvalue weighted by Gasteiger charge is -2.12. The van der Waals surface area contributed by atoms with Crippen molar-refractivity contribution in [3.05, 3.63) is 41.6 Å². The fourth-order valence-electron chi connectivity index (χ4n) is 2.11. The van der Waals surface area contributed by atoms with E-state index in [9.17, 15) is 13.2 Å². The highest BCUT2D eigenvalue weighted by Crippen LogP contribution is 2.31. The summed E-state index contributed by atoms with van der Waals surface area (Å²) in [5.74, 6) is 1.48. The van der Waals surface area contributed by atoms with Gasteiger partial charge in [0.15, 0.2) is 0 Å². The van der Waals surface area contributed by atoms with Crippen LogP contribution in [-0.2, 0) is 6.18 Å². The summed E-state index contributed by atoms with van der Waals surface area (Å²) in [6.45, 7) is 6.80. The van der Waals surface area contributed by atoms with Gasteiger partial charge in [0.25, 0.3) is 0 Å². The van der Waals surface area contributed by atoms with Gasteiger partial charge in [-0.3, -0.25) is 0 Å². The molecule has 2 rings (SSSR count). The normalized spacial score (nSPS) is 11.6. The highest BCUT2D eigenvalue weighted by atomic mass is 19.4. The lowest BCUT2D eigenvalue weighted by Crippen LogP contribution is -2.09. The molecule has 0 bridgehead atoms. The zero-order valence-electron chi connectivity index (χ0n) is 13.9. The van der Waals surface area contributed by atoms with Crippen LogP contribution in [0.15, 0.2) is 30.3 Å². The number of halogens is 3. The van der Waals surface area contributed by atoms with Crippen LogP contribution in [0.25, 0.3) is 0 Å². The van der Waals surface area contributed by atoms with Crippen molar-refractivity contribution >= 4 is 17.5 Å². The molecular weight excluding hydrogens is 317 g/mol. The molecule has 0 aliphatic carbocycles. The number of hydrogen-bond donors (Lipinski definition) is 2. The van der Waals surface area contributed by atoms with E-state index in [1.807, 2.05) is 6.92 Å². The maximum absolute atomic E-state index is 12.8. The first-order chi connectivity index (χ1) is 11.2. The van der Waals surface area contributed by atoms with Gasteiger partial charge in [-0.2, -0.15) is 18.2 Å². The van der Waals surface area contributed by atoms with Gasteiger partial charge < -0.3 is 10.6 Å². The van der Waals surface area contributed by atoms with E-state index in [1.165, 1.54) is 6.07 Å². The average Bonchev–Trinajstić information content (AvgIpc) is 2.45. The molecule has 1 aromatic heterocycles. The van der Waals surface area contributed by atoms with Crippen LogP contribution in [-0.4, -0.2) is 16.5 Å². The molecule has 130 valence electrons. The van der Waals surface area contributed by atoms with Gasteiger partial charge in [0, 0.05) is 24.0 Å². The van der Waals surface area contributed by atoms with E-state index < -0.39 is 11.7 Å². The molecule has 0 aliphatic rings. The minimum absolute atomic E-state index is 0.330. The number of nitrogens with zero attached hydrogens (tertiary/aromatic N) is 2. The fourth-order valence-corrected chi connectivity index (χ4v) is 2.11. The Hall–Kier alpha value is -2.31. The third kappa shape index (κ3) is 5.40. The minimum atomic E-state index is -4.37. The van der Waals surface area contributed by atoms with E-state index in [2.05, 4.69) is 34.4 Å². The lowest BCUT2D eigenvalue weighted by molar-refractivity contribution is -0.137. The van der Waals surface area contributed by atoms with Gasteiger partial charge in [0.05, 0.1) is 5.56 Å². The minimum Gasteiger partial charge on any atom is -0.354 e. The van der Waals surface area contributed by atoms with Gasteiger partial charge in [-0.05, 0) is 37.5 Å². The predicted octanol–water partition coefficient (Wildman–Crippen LogP) is 5.01. The quantitative estimate of drug-likeness (QED) is 0.778. The molecule has 0 spiro atoms. The maximum atomic E-state index is 12.8. The van der Waals surface area contributed by atoms with Crippen LogP contribution in [0.3, 0.4) is 0 Å².